The van der Waals surface area contributed by atoms with Gasteiger partial charge < -0.3 is 5.32 Å². The number of nitrogens with one attached hydrogen (secondary N) is 1. The third kappa shape index (κ3) is 2.97. The van der Waals surface area contributed by atoms with Crippen molar-refractivity contribution in [2.45, 2.75) is 12.2 Å². The molecular weight excluding hydrogens is 236 g/mol. The van der Waals surface area contributed by atoms with E-state index in [2.05, 4.69) is 20.3 Å². The van der Waals surface area contributed by atoms with E-state index >= 15 is 0 Å². The van der Waals surface area contributed by atoms with Gasteiger partial charge in [0.05, 0.1) is 0 Å². The Kier molecular flexibility index (Phi) is 3.63. The van der Waals surface area contributed by atoms with Gasteiger partial charge in [-0.25, -0.2) is 9.97 Å². The van der Waals surface area contributed by atoms with Crippen LogP contribution < -0.4 is 5.32 Å². The lowest BCUT2D eigenvalue weighted by Gasteiger charge is -2.10. The Labute approximate surface area is 102 Å². The highest BCUT2D eigenvalue weighted by molar-refractivity contribution is 7.84. The van der Waals surface area contributed by atoms with Crippen molar-refractivity contribution in [3.8, 4) is 0 Å². The molecule has 17 heavy (non-hydrogen) atoms. The molecule has 2 aromatic heterocycles. The van der Waals surface area contributed by atoms with Crippen LogP contribution in [-0.2, 0) is 10.8 Å². The summed E-state index contributed by atoms with van der Waals surface area (Å²) in [6, 6.07) is 3.72. The van der Waals surface area contributed by atoms with Crippen molar-refractivity contribution in [1.29, 1.82) is 0 Å². The molecule has 5 nitrogen and oxygen atoms in total. The second-order valence-electron chi connectivity index (χ2n) is 3.79. The molecular formula is C11H14N4OS. The van der Waals surface area contributed by atoms with Crippen molar-refractivity contribution in [3.63, 3.8) is 0 Å². The minimum absolute atomic E-state index is 0.0920. The zero-order valence-electron chi connectivity index (χ0n) is 9.75. The van der Waals surface area contributed by atoms with E-state index in [0.717, 1.165) is 11.3 Å². The highest BCUT2D eigenvalue weighted by Gasteiger charge is 2.06. The van der Waals surface area contributed by atoms with Crippen molar-refractivity contribution < 1.29 is 4.21 Å². The smallest absolute Gasteiger partial charge is 0.180 e. The van der Waals surface area contributed by atoms with E-state index in [0.29, 0.717) is 12.2 Å². The maximum Gasteiger partial charge on any atom is 0.180 e. The van der Waals surface area contributed by atoms with Crippen molar-refractivity contribution in [2.75, 3.05) is 18.1 Å². The minimum Gasteiger partial charge on any atom is -0.369 e. The molecule has 2 unspecified atom stereocenters. The molecule has 2 rings (SSSR count). The van der Waals surface area contributed by atoms with Crippen LogP contribution >= 0.6 is 0 Å². The van der Waals surface area contributed by atoms with Gasteiger partial charge in [0.2, 0.25) is 0 Å². The zero-order valence-corrected chi connectivity index (χ0v) is 10.6. The van der Waals surface area contributed by atoms with E-state index in [9.17, 15) is 4.21 Å². The van der Waals surface area contributed by atoms with Gasteiger partial charge >= 0.3 is 0 Å². The molecule has 6 heteroatoms. The number of nitrogens with zero attached hydrogens (tertiary/aromatic N) is 3. The first-order chi connectivity index (χ1) is 8.16. The lowest BCUT2D eigenvalue weighted by Crippen LogP contribution is -2.21. The molecule has 0 aromatic carbocycles. The Bertz CT molecular complexity index is 546. The van der Waals surface area contributed by atoms with Crippen LogP contribution in [0.4, 0.5) is 5.82 Å². The molecule has 0 aliphatic rings. The van der Waals surface area contributed by atoms with Gasteiger partial charge in [0.1, 0.15) is 11.3 Å². The summed E-state index contributed by atoms with van der Waals surface area (Å²) < 4.78 is 11.2. The van der Waals surface area contributed by atoms with E-state index in [1.807, 2.05) is 19.1 Å². The predicted molar refractivity (Wildman–Crippen MR) is 69.4 cm³/mol. The van der Waals surface area contributed by atoms with E-state index in [1.165, 1.54) is 0 Å². The van der Waals surface area contributed by atoms with E-state index in [-0.39, 0.29) is 5.25 Å². The van der Waals surface area contributed by atoms with Crippen molar-refractivity contribution in [2.24, 2.45) is 0 Å². The normalized spacial score (nSPS) is 14.5. The molecule has 0 fully saturated rings. The van der Waals surface area contributed by atoms with Crippen LogP contribution in [0.2, 0.25) is 0 Å². The first-order valence-electron chi connectivity index (χ1n) is 5.30. The molecule has 2 heterocycles. The number of hydrogen-bond acceptors (Lipinski definition) is 5. The van der Waals surface area contributed by atoms with Gasteiger partial charge in [-0.3, -0.25) is 9.19 Å². The third-order valence-electron chi connectivity index (χ3n) is 2.47. The average Bonchev–Trinajstić information content (AvgIpc) is 2.35. The van der Waals surface area contributed by atoms with Crippen LogP contribution in [-0.4, -0.2) is 37.2 Å². The summed E-state index contributed by atoms with van der Waals surface area (Å²) in [5, 5.41) is 3.24. The molecule has 2 aromatic rings. The van der Waals surface area contributed by atoms with Crippen LogP contribution in [0.25, 0.3) is 11.2 Å². The van der Waals surface area contributed by atoms with E-state index < -0.39 is 10.8 Å². The lowest BCUT2D eigenvalue weighted by atomic mass is 10.4. The molecule has 2 atom stereocenters. The molecule has 90 valence electrons. The van der Waals surface area contributed by atoms with Crippen LogP contribution in [0.3, 0.4) is 0 Å². The Morgan fingerprint density at radius 3 is 2.88 bits per heavy atom. The second-order valence-corrected chi connectivity index (χ2v) is 5.59. The van der Waals surface area contributed by atoms with Crippen molar-refractivity contribution in [1.82, 2.24) is 15.0 Å². The number of fused-ring (bicyclic) bond motifs is 1. The monoisotopic (exact) mass is 250 g/mol. The number of pyridine rings is 1. The summed E-state index contributed by atoms with van der Waals surface area (Å²) in [6.07, 6.45) is 4.95. The molecule has 0 amide bonds. The van der Waals surface area contributed by atoms with E-state index in [1.54, 1.807) is 18.6 Å². The maximum atomic E-state index is 11.2. The Morgan fingerprint density at radius 2 is 2.12 bits per heavy atom. The topological polar surface area (TPSA) is 67.8 Å². The summed E-state index contributed by atoms with van der Waals surface area (Å²) in [5.74, 6) is 0.732. The van der Waals surface area contributed by atoms with Gasteiger partial charge in [-0.2, -0.15) is 0 Å². The highest BCUT2D eigenvalue weighted by atomic mass is 32.2. The van der Waals surface area contributed by atoms with Gasteiger partial charge in [0, 0.05) is 41.2 Å². The molecule has 0 radical (unpaired) electrons. The second kappa shape index (κ2) is 5.18. The maximum absolute atomic E-state index is 11.2. The molecule has 0 saturated carbocycles. The van der Waals surface area contributed by atoms with Crippen LogP contribution in [0.15, 0.2) is 24.5 Å². The van der Waals surface area contributed by atoms with Crippen LogP contribution in [0.1, 0.15) is 6.92 Å². The average molecular weight is 250 g/mol. The van der Waals surface area contributed by atoms with Gasteiger partial charge in [-0.05, 0) is 19.1 Å². The van der Waals surface area contributed by atoms with Crippen molar-refractivity contribution >= 4 is 27.8 Å². The fraction of sp³-hybridized carbons (Fsp3) is 0.364. The minimum atomic E-state index is -0.829. The zero-order chi connectivity index (χ0) is 12.3. The first-order valence-corrected chi connectivity index (χ1v) is 6.93. The molecule has 0 bridgehead atoms. The standard InChI is InChI=1S/C11H14N4OS/c1-8(17(2)16)7-14-10-4-3-9-11(15-10)13-6-5-12-9/h3-6,8H,7H2,1-2H3,(H,13,14,15). The molecule has 0 aliphatic heterocycles. The van der Waals surface area contributed by atoms with Gasteiger partial charge in [0.15, 0.2) is 5.65 Å². The van der Waals surface area contributed by atoms with Gasteiger partial charge in [-0.1, -0.05) is 0 Å². The summed E-state index contributed by atoms with van der Waals surface area (Å²) in [5.41, 5.74) is 1.38. The first kappa shape index (κ1) is 11.9. The van der Waals surface area contributed by atoms with Crippen molar-refractivity contribution in [3.05, 3.63) is 24.5 Å². The number of anilines is 1. The fourth-order valence-corrected chi connectivity index (χ4v) is 1.64. The summed E-state index contributed by atoms with van der Waals surface area (Å²) >= 11 is 0. The van der Waals surface area contributed by atoms with E-state index in [4.69, 9.17) is 0 Å². The highest BCUT2D eigenvalue weighted by Crippen LogP contribution is 2.10. The predicted octanol–water partition coefficient (Wildman–Crippen LogP) is 1.20. The Hall–Kier alpha value is -1.56. The number of aromatic nitrogens is 3. The number of rotatable bonds is 4. The van der Waals surface area contributed by atoms with Gasteiger partial charge in [0.25, 0.3) is 0 Å². The quantitative estimate of drug-likeness (QED) is 0.883. The largest absolute Gasteiger partial charge is 0.369 e. The Balaban J connectivity index is 2.12. The van der Waals surface area contributed by atoms with Crippen LogP contribution in [0, 0.1) is 0 Å². The molecule has 0 saturated heterocycles. The molecule has 1 N–H and O–H groups in total. The summed E-state index contributed by atoms with van der Waals surface area (Å²) in [6.45, 7) is 2.56. The SMILES string of the molecule is CC(CNc1ccc2nccnc2n1)S(C)=O. The van der Waals surface area contributed by atoms with Gasteiger partial charge in [-0.15, -0.1) is 0 Å². The summed E-state index contributed by atoms with van der Waals surface area (Å²) in [4.78, 5) is 12.6. The molecule has 0 spiro atoms. The third-order valence-corrected chi connectivity index (χ3v) is 3.77. The lowest BCUT2D eigenvalue weighted by molar-refractivity contribution is 0.679. The fourth-order valence-electron chi connectivity index (χ4n) is 1.32. The van der Waals surface area contributed by atoms with Crippen LogP contribution in [0.5, 0.6) is 0 Å². The summed E-state index contributed by atoms with van der Waals surface area (Å²) in [7, 11) is -0.829. The Morgan fingerprint density at radius 1 is 1.35 bits per heavy atom. The number of hydrogen-bond donors (Lipinski definition) is 1. The molecule has 0 aliphatic carbocycles.